The average molecular weight is 1060 g/mol. The topological polar surface area (TPSA) is 6.48 Å². The van der Waals surface area contributed by atoms with Crippen LogP contribution >= 0.6 is 22.7 Å². The Labute approximate surface area is 472 Å². The first-order chi connectivity index (χ1) is 39.3. The highest BCUT2D eigenvalue weighted by Crippen LogP contribution is 2.52. The Kier molecular flexibility index (Phi) is 10.6. The lowest BCUT2D eigenvalue weighted by atomic mass is 9.90. The van der Waals surface area contributed by atoms with Crippen molar-refractivity contribution in [2.24, 2.45) is 0 Å². The van der Waals surface area contributed by atoms with E-state index in [1.807, 2.05) is 22.7 Å². The number of anilines is 6. The zero-order valence-corrected chi connectivity index (χ0v) is 46.4. The van der Waals surface area contributed by atoms with Crippen LogP contribution < -0.4 is 9.80 Å². The maximum Gasteiger partial charge on any atom is 0.0540 e. The molecule has 378 valence electrons. The van der Waals surface area contributed by atoms with E-state index in [0.29, 0.717) is 0 Å². The van der Waals surface area contributed by atoms with Gasteiger partial charge in [-0.1, -0.05) is 158 Å². The smallest absolute Gasteiger partial charge is 0.0540 e. The molecule has 0 aliphatic rings. The minimum absolute atomic E-state index is 1.13. The number of thiophene rings is 2. The molecule has 0 aliphatic carbocycles. The Morgan fingerprint density at radius 1 is 0.275 bits per heavy atom. The van der Waals surface area contributed by atoms with Crippen molar-refractivity contribution in [2.45, 2.75) is 27.7 Å². The third-order valence-corrected chi connectivity index (χ3v) is 19.3. The molecule has 0 spiro atoms. The van der Waals surface area contributed by atoms with Gasteiger partial charge in [-0.05, 0) is 189 Å². The highest BCUT2D eigenvalue weighted by Gasteiger charge is 2.26. The van der Waals surface area contributed by atoms with Gasteiger partial charge in [0.15, 0.2) is 0 Å². The highest BCUT2D eigenvalue weighted by atomic mass is 32.1. The van der Waals surface area contributed by atoms with Crippen molar-refractivity contribution in [3.63, 3.8) is 0 Å². The normalized spacial score (nSPS) is 12.0. The summed E-state index contributed by atoms with van der Waals surface area (Å²) in [6.07, 6.45) is 0. The lowest BCUT2D eigenvalue weighted by Gasteiger charge is -2.32. The number of rotatable bonds is 8. The zero-order chi connectivity index (χ0) is 53.3. The lowest BCUT2D eigenvalue weighted by molar-refractivity contribution is 1.23. The number of para-hydroxylation sites is 2. The summed E-state index contributed by atoms with van der Waals surface area (Å²) in [6, 6.07) is 90.8. The second-order valence-electron chi connectivity index (χ2n) is 21.7. The summed E-state index contributed by atoms with van der Waals surface area (Å²) in [6.45, 7) is 9.20. The molecule has 0 fully saturated rings. The Morgan fingerprint density at radius 2 is 0.625 bits per heavy atom. The van der Waals surface area contributed by atoms with Gasteiger partial charge >= 0.3 is 0 Å². The summed E-state index contributed by atoms with van der Waals surface area (Å²) in [4.78, 5) is 5.03. The summed E-state index contributed by atoms with van der Waals surface area (Å²) >= 11 is 3.81. The fourth-order valence-electron chi connectivity index (χ4n) is 13.6. The first-order valence-corrected chi connectivity index (χ1v) is 29.3. The molecule has 0 aliphatic heterocycles. The third-order valence-electron chi connectivity index (χ3n) is 16.9. The number of nitrogens with zero attached hydrogens (tertiary/aromatic N) is 2. The minimum Gasteiger partial charge on any atom is -0.309 e. The van der Waals surface area contributed by atoms with Gasteiger partial charge in [0.1, 0.15) is 0 Å². The minimum atomic E-state index is 1.13. The second-order valence-corrected chi connectivity index (χ2v) is 23.9. The molecule has 0 N–H and O–H groups in total. The molecule has 0 saturated heterocycles. The van der Waals surface area contributed by atoms with Crippen LogP contribution in [0.4, 0.5) is 34.1 Å². The van der Waals surface area contributed by atoms with Gasteiger partial charge in [0.25, 0.3) is 0 Å². The van der Waals surface area contributed by atoms with Gasteiger partial charge in [-0.2, -0.15) is 0 Å². The third kappa shape index (κ3) is 7.09. The molecular formula is C76H52N2S2. The number of fused-ring (bicyclic) bond motifs is 10. The monoisotopic (exact) mass is 1060 g/mol. The predicted octanol–water partition coefficient (Wildman–Crippen LogP) is 23.1. The molecule has 0 atom stereocenters. The van der Waals surface area contributed by atoms with Crippen LogP contribution in [-0.4, -0.2) is 0 Å². The Balaban J connectivity index is 0.869. The molecule has 4 heteroatoms. The zero-order valence-electron chi connectivity index (χ0n) is 44.8. The summed E-state index contributed by atoms with van der Waals surface area (Å²) < 4.78 is 5.32. The van der Waals surface area contributed by atoms with E-state index in [1.54, 1.807) is 0 Å². The van der Waals surface area contributed by atoms with E-state index in [0.717, 1.165) is 22.7 Å². The molecule has 16 aromatic rings. The van der Waals surface area contributed by atoms with E-state index >= 15 is 0 Å². The van der Waals surface area contributed by atoms with Crippen LogP contribution in [-0.2, 0) is 0 Å². The largest absolute Gasteiger partial charge is 0.309 e. The van der Waals surface area contributed by atoms with Crippen LogP contribution in [0.15, 0.2) is 243 Å². The van der Waals surface area contributed by atoms with Crippen molar-refractivity contribution in [3.8, 4) is 22.3 Å². The summed E-state index contributed by atoms with van der Waals surface area (Å²) in [5.74, 6) is 0. The van der Waals surface area contributed by atoms with Crippen molar-refractivity contribution in [1.82, 2.24) is 0 Å². The number of aryl methyl sites for hydroxylation is 4. The lowest BCUT2D eigenvalue weighted by Crippen LogP contribution is -2.14. The van der Waals surface area contributed by atoms with Gasteiger partial charge in [-0.15, -0.1) is 22.7 Å². The predicted molar refractivity (Wildman–Crippen MR) is 350 cm³/mol. The Bertz CT molecular complexity index is 4810. The number of hydrogen-bond acceptors (Lipinski definition) is 4. The van der Waals surface area contributed by atoms with Crippen LogP contribution in [0, 0.1) is 27.7 Å². The molecule has 0 saturated carbocycles. The first kappa shape index (κ1) is 46.7. The van der Waals surface area contributed by atoms with Crippen LogP contribution in [0.2, 0.25) is 0 Å². The van der Waals surface area contributed by atoms with Crippen molar-refractivity contribution < 1.29 is 0 Å². The Morgan fingerprint density at radius 3 is 1.04 bits per heavy atom. The maximum atomic E-state index is 2.52. The van der Waals surface area contributed by atoms with Gasteiger partial charge in [0.05, 0.1) is 22.7 Å². The fraction of sp³-hybridized carbons (Fsp3) is 0.0526. The maximum absolute atomic E-state index is 2.52. The van der Waals surface area contributed by atoms with Crippen molar-refractivity contribution >= 4 is 151 Å². The van der Waals surface area contributed by atoms with E-state index in [9.17, 15) is 0 Å². The number of hydrogen-bond donors (Lipinski definition) is 0. The number of benzene rings is 14. The quantitative estimate of drug-likeness (QED) is 0.140. The summed E-state index contributed by atoms with van der Waals surface area (Å²) in [7, 11) is 0. The molecule has 0 radical (unpaired) electrons. The van der Waals surface area contributed by atoms with Crippen molar-refractivity contribution in [1.29, 1.82) is 0 Å². The van der Waals surface area contributed by atoms with Crippen LogP contribution in [0.25, 0.3) is 116 Å². The average Bonchev–Trinajstić information content (AvgIpc) is 4.22. The van der Waals surface area contributed by atoms with E-state index in [2.05, 4.69) is 280 Å². The first-order valence-electron chi connectivity index (χ1n) is 27.6. The van der Waals surface area contributed by atoms with Crippen LogP contribution in [0.1, 0.15) is 22.3 Å². The molecule has 80 heavy (non-hydrogen) atoms. The molecule has 2 heterocycles. The SMILES string of the molecule is Cc1cc(-c2cc3ccccc3c3c2sc2ccccc23)cc(C)c1N(c1ccccc1)c1ccc2ccc3c(N(c4ccccc4)c4c(C)cc(-c5cc6ccccc6c6c5sc5ccccc56)cc4C)ccc4ccc1c2c43. The van der Waals surface area contributed by atoms with E-state index in [-0.39, 0.29) is 0 Å². The molecule has 0 unspecified atom stereocenters. The molecule has 14 aromatic carbocycles. The van der Waals surface area contributed by atoms with Gasteiger partial charge in [-0.3, -0.25) is 0 Å². The molecule has 16 rings (SSSR count). The second kappa shape index (κ2) is 18.1. The van der Waals surface area contributed by atoms with Crippen molar-refractivity contribution in [3.05, 3.63) is 265 Å². The van der Waals surface area contributed by atoms with Crippen LogP contribution in [0.3, 0.4) is 0 Å². The molecule has 0 amide bonds. The summed E-state index contributed by atoms with van der Waals surface area (Å²) in [5.41, 5.74) is 16.9. The fourth-order valence-corrected chi connectivity index (χ4v) is 16.1. The van der Waals surface area contributed by atoms with Crippen LogP contribution in [0.5, 0.6) is 0 Å². The van der Waals surface area contributed by atoms with Gasteiger partial charge in [-0.25, -0.2) is 0 Å². The standard InChI is InChI=1S/C76H52N2S2/c1-45-39-53(63-43-51-19-11-13-25-57(51)71-61-27-15-17-29-67(61)79-75(63)71)40-46(2)73(45)77(55-21-7-5-8-22-55)65-37-33-49-32-36-60-66(38-34-50-31-35-59(65)69(49)70(50)60)78(56-23-9-6-10-24-56)74-47(3)41-54(42-48(74)4)64-44-52-20-12-14-26-58(52)72-62-28-16-18-30-68(62)80-76(64)72/h5-44H,1-4H3. The summed E-state index contributed by atoms with van der Waals surface area (Å²) in [5, 5.41) is 17.9. The Hall–Kier alpha value is -9.32. The molecule has 0 bridgehead atoms. The molecule has 2 nitrogen and oxygen atoms in total. The van der Waals surface area contributed by atoms with Gasteiger partial charge < -0.3 is 9.80 Å². The highest BCUT2D eigenvalue weighted by molar-refractivity contribution is 7.27. The van der Waals surface area contributed by atoms with E-state index < -0.39 is 0 Å². The van der Waals surface area contributed by atoms with Crippen molar-refractivity contribution in [2.75, 3.05) is 9.80 Å². The molecular weight excluding hydrogens is 1000 g/mol. The van der Waals surface area contributed by atoms with Gasteiger partial charge in [0, 0.05) is 73.6 Å². The van der Waals surface area contributed by atoms with E-state index in [1.165, 1.54) is 150 Å². The van der Waals surface area contributed by atoms with Gasteiger partial charge in [0.2, 0.25) is 0 Å². The molecule has 2 aromatic heterocycles. The van der Waals surface area contributed by atoms with E-state index in [4.69, 9.17) is 0 Å².